The van der Waals surface area contributed by atoms with Gasteiger partial charge in [0.05, 0.1) is 0 Å². The topological polar surface area (TPSA) is 24.1 Å². The van der Waals surface area contributed by atoms with Crippen molar-refractivity contribution >= 4 is 21.6 Å². The van der Waals surface area contributed by atoms with Crippen molar-refractivity contribution in [3.05, 3.63) is 64.6 Å². The third-order valence-corrected chi connectivity index (χ3v) is 2.68. The summed E-state index contributed by atoms with van der Waals surface area (Å²) in [6.45, 7) is 0.786. The molecule has 0 amide bonds. The van der Waals surface area contributed by atoms with Crippen LogP contribution < -0.4 is 10.9 Å². The molecule has 0 heterocycles. The SMILES string of the molecule is Brc1cccc(CNNc2ccccc2)c1. The molecule has 0 spiro atoms. The number of hydrogen-bond acceptors (Lipinski definition) is 2. The van der Waals surface area contributed by atoms with Crippen molar-refractivity contribution in [3.63, 3.8) is 0 Å². The summed E-state index contributed by atoms with van der Waals surface area (Å²) in [7, 11) is 0. The molecule has 0 aliphatic carbocycles. The van der Waals surface area contributed by atoms with Crippen LogP contribution in [0.4, 0.5) is 5.69 Å². The van der Waals surface area contributed by atoms with Gasteiger partial charge in [-0.05, 0) is 29.8 Å². The van der Waals surface area contributed by atoms with Crippen LogP contribution >= 0.6 is 15.9 Å². The second-order valence-corrected chi connectivity index (χ2v) is 4.39. The molecule has 0 bridgehead atoms. The van der Waals surface area contributed by atoms with Crippen molar-refractivity contribution in [2.24, 2.45) is 0 Å². The lowest BCUT2D eigenvalue weighted by molar-refractivity contribution is 0.801. The highest BCUT2D eigenvalue weighted by molar-refractivity contribution is 9.10. The van der Waals surface area contributed by atoms with E-state index in [2.05, 4.69) is 38.9 Å². The number of para-hydroxylation sites is 1. The number of hydrogen-bond donors (Lipinski definition) is 2. The molecule has 82 valence electrons. The highest BCUT2D eigenvalue weighted by atomic mass is 79.9. The van der Waals surface area contributed by atoms with Gasteiger partial charge in [-0.3, -0.25) is 0 Å². The van der Waals surface area contributed by atoms with Crippen LogP contribution in [-0.2, 0) is 6.54 Å². The fourth-order valence-electron chi connectivity index (χ4n) is 1.42. The predicted octanol–water partition coefficient (Wildman–Crippen LogP) is 3.57. The molecule has 0 aliphatic rings. The van der Waals surface area contributed by atoms with Crippen molar-refractivity contribution in [2.75, 3.05) is 5.43 Å². The number of nitrogens with one attached hydrogen (secondary N) is 2. The lowest BCUT2D eigenvalue weighted by Crippen LogP contribution is -2.20. The van der Waals surface area contributed by atoms with Gasteiger partial charge < -0.3 is 5.43 Å². The number of rotatable bonds is 4. The van der Waals surface area contributed by atoms with Crippen molar-refractivity contribution < 1.29 is 0 Å². The van der Waals surface area contributed by atoms with Gasteiger partial charge in [0.25, 0.3) is 0 Å². The van der Waals surface area contributed by atoms with Crippen LogP contribution in [0.25, 0.3) is 0 Å². The summed E-state index contributed by atoms with van der Waals surface area (Å²) in [6, 6.07) is 18.3. The average Bonchev–Trinajstić information content (AvgIpc) is 2.30. The molecule has 0 aromatic heterocycles. The smallest absolute Gasteiger partial charge is 0.0487 e. The zero-order valence-corrected chi connectivity index (χ0v) is 10.4. The van der Waals surface area contributed by atoms with E-state index >= 15 is 0 Å². The number of anilines is 1. The number of benzene rings is 2. The first-order valence-electron chi connectivity index (χ1n) is 5.13. The van der Waals surface area contributed by atoms with Crippen LogP contribution in [-0.4, -0.2) is 0 Å². The summed E-state index contributed by atoms with van der Waals surface area (Å²) in [6.07, 6.45) is 0. The molecule has 2 N–H and O–H groups in total. The van der Waals surface area contributed by atoms with Crippen LogP contribution in [0.5, 0.6) is 0 Å². The van der Waals surface area contributed by atoms with Crippen LogP contribution in [0.2, 0.25) is 0 Å². The molecule has 0 unspecified atom stereocenters. The van der Waals surface area contributed by atoms with Gasteiger partial charge in [-0.25, -0.2) is 5.43 Å². The Bertz CT molecular complexity index is 443. The average molecular weight is 277 g/mol. The van der Waals surface area contributed by atoms with Crippen molar-refractivity contribution in [2.45, 2.75) is 6.54 Å². The third kappa shape index (κ3) is 3.36. The summed E-state index contributed by atoms with van der Waals surface area (Å²) >= 11 is 3.45. The first kappa shape index (κ1) is 11.2. The van der Waals surface area contributed by atoms with E-state index in [1.807, 2.05) is 42.5 Å². The Hall–Kier alpha value is -1.32. The molecule has 0 atom stereocenters. The highest BCUT2D eigenvalue weighted by Gasteiger charge is 1.93. The summed E-state index contributed by atoms with van der Waals surface area (Å²) in [4.78, 5) is 0. The third-order valence-electron chi connectivity index (χ3n) is 2.19. The molecule has 2 nitrogen and oxygen atoms in total. The van der Waals surface area contributed by atoms with E-state index in [4.69, 9.17) is 0 Å². The minimum atomic E-state index is 0.786. The van der Waals surface area contributed by atoms with E-state index < -0.39 is 0 Å². The Balaban J connectivity index is 1.85. The largest absolute Gasteiger partial charge is 0.321 e. The zero-order valence-electron chi connectivity index (χ0n) is 8.78. The van der Waals surface area contributed by atoms with Gasteiger partial charge in [-0.2, -0.15) is 0 Å². The minimum absolute atomic E-state index is 0.786. The maximum absolute atomic E-state index is 3.45. The van der Waals surface area contributed by atoms with Gasteiger partial charge in [-0.1, -0.05) is 46.3 Å². The Morgan fingerprint density at radius 1 is 0.938 bits per heavy atom. The highest BCUT2D eigenvalue weighted by Crippen LogP contribution is 2.11. The first-order valence-corrected chi connectivity index (χ1v) is 5.92. The van der Waals surface area contributed by atoms with E-state index in [1.165, 1.54) is 5.56 Å². The van der Waals surface area contributed by atoms with Gasteiger partial charge >= 0.3 is 0 Å². The number of hydrazine groups is 1. The molecular formula is C13H13BrN2. The summed E-state index contributed by atoms with van der Waals surface area (Å²) in [5, 5.41) is 0. The predicted molar refractivity (Wildman–Crippen MR) is 71.0 cm³/mol. The van der Waals surface area contributed by atoms with Crippen molar-refractivity contribution in [1.29, 1.82) is 0 Å². The number of halogens is 1. The molecule has 2 rings (SSSR count). The van der Waals surface area contributed by atoms with Crippen LogP contribution in [0.3, 0.4) is 0 Å². The molecular weight excluding hydrogens is 264 g/mol. The molecule has 2 aromatic carbocycles. The Morgan fingerprint density at radius 2 is 1.75 bits per heavy atom. The van der Waals surface area contributed by atoms with E-state index in [0.717, 1.165) is 16.7 Å². The molecule has 16 heavy (non-hydrogen) atoms. The summed E-state index contributed by atoms with van der Waals surface area (Å²) < 4.78 is 1.10. The molecule has 3 heteroatoms. The fraction of sp³-hybridized carbons (Fsp3) is 0.0769. The van der Waals surface area contributed by atoms with Crippen molar-refractivity contribution in [3.8, 4) is 0 Å². The lowest BCUT2D eigenvalue weighted by Gasteiger charge is -2.08. The molecule has 0 fully saturated rings. The minimum Gasteiger partial charge on any atom is -0.321 e. The van der Waals surface area contributed by atoms with Crippen LogP contribution in [0, 0.1) is 0 Å². The normalized spacial score (nSPS) is 10.1. The Morgan fingerprint density at radius 3 is 2.50 bits per heavy atom. The van der Waals surface area contributed by atoms with E-state index in [0.29, 0.717) is 0 Å². The Kier molecular flexibility index (Phi) is 3.97. The van der Waals surface area contributed by atoms with Crippen LogP contribution in [0.15, 0.2) is 59.1 Å². The quantitative estimate of drug-likeness (QED) is 0.835. The van der Waals surface area contributed by atoms with Gasteiger partial charge in [0.2, 0.25) is 0 Å². The first-order chi connectivity index (χ1) is 7.84. The molecule has 0 saturated heterocycles. The maximum Gasteiger partial charge on any atom is 0.0487 e. The van der Waals surface area contributed by atoms with Gasteiger partial charge in [0.15, 0.2) is 0 Å². The Labute approximate surface area is 104 Å². The summed E-state index contributed by atoms with van der Waals surface area (Å²) in [5.41, 5.74) is 8.62. The van der Waals surface area contributed by atoms with Gasteiger partial charge in [0.1, 0.15) is 0 Å². The van der Waals surface area contributed by atoms with E-state index in [-0.39, 0.29) is 0 Å². The second kappa shape index (κ2) is 5.68. The maximum atomic E-state index is 3.45. The van der Waals surface area contributed by atoms with Gasteiger partial charge in [0, 0.05) is 16.7 Å². The fourth-order valence-corrected chi connectivity index (χ4v) is 1.86. The standard InChI is InChI=1S/C13H13BrN2/c14-12-6-4-5-11(9-12)10-15-16-13-7-2-1-3-8-13/h1-9,15-16H,10H2. The second-order valence-electron chi connectivity index (χ2n) is 3.47. The molecule has 0 aliphatic heterocycles. The van der Waals surface area contributed by atoms with Crippen LogP contribution in [0.1, 0.15) is 5.56 Å². The lowest BCUT2D eigenvalue weighted by atomic mass is 10.2. The van der Waals surface area contributed by atoms with Gasteiger partial charge in [-0.15, -0.1) is 0 Å². The summed E-state index contributed by atoms with van der Waals surface area (Å²) in [5.74, 6) is 0. The monoisotopic (exact) mass is 276 g/mol. The zero-order chi connectivity index (χ0) is 11.2. The molecule has 0 saturated carbocycles. The molecule has 2 aromatic rings. The molecule has 0 radical (unpaired) electrons. The van der Waals surface area contributed by atoms with E-state index in [9.17, 15) is 0 Å². The van der Waals surface area contributed by atoms with Crippen molar-refractivity contribution in [1.82, 2.24) is 5.43 Å². The van der Waals surface area contributed by atoms with E-state index in [1.54, 1.807) is 0 Å².